The maximum absolute atomic E-state index is 12.2. The van der Waals surface area contributed by atoms with E-state index in [1.165, 1.54) is 4.90 Å². The highest BCUT2D eigenvalue weighted by atomic mass is 19.4. The van der Waals surface area contributed by atoms with Gasteiger partial charge in [0.25, 0.3) is 11.8 Å². The topological polar surface area (TPSA) is 213 Å². The third-order valence-corrected chi connectivity index (χ3v) is 6.02. The van der Waals surface area contributed by atoms with Crippen LogP contribution in [0.5, 0.6) is 0 Å². The van der Waals surface area contributed by atoms with Gasteiger partial charge in [0.15, 0.2) is 6.04 Å². The van der Waals surface area contributed by atoms with Crippen molar-refractivity contribution in [2.45, 2.75) is 25.2 Å². The van der Waals surface area contributed by atoms with E-state index in [4.69, 9.17) is 26.5 Å². The fourth-order valence-electron chi connectivity index (χ4n) is 3.86. The van der Waals surface area contributed by atoms with Gasteiger partial charge in [-0.05, 0) is 47.4 Å². The normalized spacial score (nSPS) is 12.3. The van der Waals surface area contributed by atoms with Crippen LogP contribution in [-0.2, 0) is 27.3 Å². The first-order valence-corrected chi connectivity index (χ1v) is 12.7. The zero-order chi connectivity index (χ0) is 33.0. The second-order valence-electron chi connectivity index (χ2n) is 9.02. The highest BCUT2D eigenvalue weighted by Crippen LogP contribution is 2.29. The lowest BCUT2D eigenvalue weighted by Gasteiger charge is -2.16. The van der Waals surface area contributed by atoms with E-state index in [9.17, 15) is 37.5 Å². The number of carboxylic acid groups (broad SMARTS) is 2. The number of rotatable bonds is 7. The maximum Gasteiger partial charge on any atom is 0.490 e. The summed E-state index contributed by atoms with van der Waals surface area (Å²) in [5.74, 6) is -5.19. The summed E-state index contributed by atoms with van der Waals surface area (Å²) in [7, 11) is 0. The van der Waals surface area contributed by atoms with Gasteiger partial charge < -0.3 is 37.0 Å². The molecule has 12 nitrogen and oxygen atoms in total. The van der Waals surface area contributed by atoms with Gasteiger partial charge in [-0.15, -0.1) is 0 Å². The summed E-state index contributed by atoms with van der Waals surface area (Å²) >= 11 is 0. The Kier molecular flexibility index (Phi) is 12.5. The zero-order valence-corrected chi connectivity index (χ0v) is 23.0. The Morgan fingerprint density at radius 2 is 1.55 bits per heavy atom. The highest BCUT2D eigenvalue weighted by Gasteiger charge is 2.38. The molecular weight excluding hydrogens is 589 g/mol. The van der Waals surface area contributed by atoms with Crippen LogP contribution in [0.2, 0.25) is 0 Å². The van der Waals surface area contributed by atoms with Crippen LogP contribution < -0.4 is 21.7 Å². The number of fused-ring (bicyclic) bond motifs is 1. The first-order valence-electron chi connectivity index (χ1n) is 12.7. The molecule has 8 N–H and O–H groups in total. The van der Waals surface area contributed by atoms with Crippen LogP contribution in [-0.4, -0.2) is 64.3 Å². The molecule has 0 saturated carbocycles. The Hall–Kier alpha value is -5.28. The van der Waals surface area contributed by atoms with Gasteiger partial charge in [0.2, 0.25) is 5.91 Å². The number of carbonyl (C=O) groups excluding carboxylic acids is 3. The number of nitrogens with two attached hydrogens (primary N) is 2. The molecule has 44 heavy (non-hydrogen) atoms. The molecule has 0 fully saturated rings. The Bertz CT molecular complexity index is 1500. The first kappa shape index (κ1) is 34.9. The zero-order valence-electron chi connectivity index (χ0n) is 23.0. The Morgan fingerprint density at radius 3 is 2.07 bits per heavy atom. The number of amides is 3. The van der Waals surface area contributed by atoms with E-state index < -0.39 is 42.6 Å². The van der Waals surface area contributed by atoms with Crippen molar-refractivity contribution in [2.24, 2.45) is 11.5 Å². The lowest BCUT2D eigenvalue weighted by atomic mass is 10.1. The van der Waals surface area contributed by atoms with E-state index in [0.717, 1.165) is 17.5 Å². The van der Waals surface area contributed by atoms with Gasteiger partial charge in [0.1, 0.15) is 6.61 Å². The minimum absolute atomic E-state index is 0.322. The summed E-state index contributed by atoms with van der Waals surface area (Å²) in [5.41, 5.74) is 14.5. The molecule has 0 aromatic heterocycles. The van der Waals surface area contributed by atoms with Gasteiger partial charge >= 0.3 is 18.1 Å². The Balaban J connectivity index is 0.000000259. The largest absolute Gasteiger partial charge is 0.490 e. The molecule has 3 amide bonds. The SMILES string of the molecule is NC(=O)c1ccc2c(c1)N(C(=O)CO)CC2.NCc1cccc(C(=O)N[C@@H](C(=O)O)c2ccccc2)c1.O=C(O)C(F)(F)F. The number of carbonyl (C=O) groups is 5. The number of aliphatic carboxylic acids is 2. The number of nitrogens with zero attached hydrogens (tertiary/aromatic N) is 1. The molecule has 0 unspecified atom stereocenters. The van der Waals surface area contributed by atoms with Crippen molar-refractivity contribution in [2.75, 3.05) is 18.1 Å². The molecule has 0 radical (unpaired) electrons. The smallest absolute Gasteiger partial charge is 0.479 e. The van der Waals surface area contributed by atoms with Gasteiger partial charge in [-0.2, -0.15) is 13.2 Å². The molecule has 15 heteroatoms. The molecule has 234 valence electrons. The third-order valence-electron chi connectivity index (χ3n) is 6.02. The number of anilines is 1. The molecule has 1 atom stereocenters. The molecule has 1 heterocycles. The number of primary amides is 1. The standard InChI is InChI=1S/C16H16N2O3.C11H12N2O3.C2HF3O2/c17-10-11-5-4-8-13(9-11)15(19)18-14(16(20)21)12-6-2-1-3-7-12;12-11(16)8-2-1-7-3-4-13(9(7)5-8)10(15)6-14;3-2(4,5)1(6)7/h1-9,14H,10,17H2,(H,18,19)(H,20,21);1-2,5,14H,3-4,6H2,(H2,12,16);(H,6,7)/t14-;;/m1../s1. The van der Waals surface area contributed by atoms with Crippen LogP contribution in [0.1, 0.15) is 43.4 Å². The van der Waals surface area contributed by atoms with Crippen LogP contribution in [0.15, 0.2) is 72.8 Å². The second kappa shape index (κ2) is 15.8. The average Bonchev–Trinajstić information content (AvgIpc) is 3.43. The van der Waals surface area contributed by atoms with E-state index >= 15 is 0 Å². The van der Waals surface area contributed by atoms with Gasteiger partial charge in [0.05, 0.1) is 0 Å². The molecule has 0 bridgehead atoms. The van der Waals surface area contributed by atoms with Crippen molar-refractivity contribution < 1.29 is 52.5 Å². The monoisotopic (exact) mass is 618 g/mol. The quantitative estimate of drug-likeness (QED) is 0.228. The van der Waals surface area contributed by atoms with Crippen molar-refractivity contribution in [1.29, 1.82) is 0 Å². The van der Waals surface area contributed by atoms with E-state index in [1.54, 1.807) is 66.7 Å². The molecule has 1 aliphatic heterocycles. The van der Waals surface area contributed by atoms with Gasteiger partial charge in [0, 0.05) is 29.9 Å². The fraction of sp³-hybridized carbons (Fsp3) is 0.207. The van der Waals surface area contributed by atoms with Crippen molar-refractivity contribution >= 4 is 35.3 Å². The van der Waals surface area contributed by atoms with Crippen LogP contribution in [0, 0.1) is 0 Å². The predicted molar refractivity (Wildman–Crippen MR) is 150 cm³/mol. The number of carboxylic acids is 2. The molecule has 4 rings (SSSR count). The summed E-state index contributed by atoms with van der Waals surface area (Å²) < 4.78 is 31.7. The van der Waals surface area contributed by atoms with Crippen LogP contribution in [0.3, 0.4) is 0 Å². The van der Waals surface area contributed by atoms with Gasteiger partial charge in [-0.3, -0.25) is 14.4 Å². The minimum atomic E-state index is -5.08. The molecule has 3 aromatic rings. The number of hydrogen-bond donors (Lipinski definition) is 6. The lowest BCUT2D eigenvalue weighted by molar-refractivity contribution is -0.192. The van der Waals surface area contributed by atoms with Crippen molar-refractivity contribution in [3.63, 3.8) is 0 Å². The minimum Gasteiger partial charge on any atom is -0.479 e. The number of benzene rings is 3. The molecule has 0 spiro atoms. The third kappa shape index (κ3) is 9.92. The second-order valence-corrected chi connectivity index (χ2v) is 9.02. The van der Waals surface area contributed by atoms with Crippen LogP contribution in [0.25, 0.3) is 0 Å². The number of aliphatic hydroxyl groups is 1. The van der Waals surface area contributed by atoms with E-state index in [0.29, 0.717) is 35.5 Å². The number of hydrogen-bond acceptors (Lipinski definition) is 7. The number of alkyl halides is 3. The summed E-state index contributed by atoms with van der Waals surface area (Å²) in [6, 6.07) is 19.3. The molecule has 0 saturated heterocycles. The van der Waals surface area contributed by atoms with E-state index in [1.807, 2.05) is 6.07 Å². The van der Waals surface area contributed by atoms with Gasteiger partial charge in [-0.25, -0.2) is 9.59 Å². The summed E-state index contributed by atoms with van der Waals surface area (Å²) in [6.07, 6.45) is -4.35. The van der Waals surface area contributed by atoms with E-state index in [2.05, 4.69) is 5.32 Å². The predicted octanol–water partition coefficient (Wildman–Crippen LogP) is 2.00. The highest BCUT2D eigenvalue weighted by molar-refractivity contribution is 5.99. The maximum atomic E-state index is 12.2. The molecule has 3 aromatic carbocycles. The summed E-state index contributed by atoms with van der Waals surface area (Å²) in [6.45, 7) is 0.333. The summed E-state index contributed by atoms with van der Waals surface area (Å²) in [5, 5.41) is 27.8. The van der Waals surface area contributed by atoms with Crippen molar-refractivity contribution in [3.05, 3.63) is 101 Å². The summed E-state index contributed by atoms with van der Waals surface area (Å²) in [4.78, 5) is 56.3. The van der Waals surface area contributed by atoms with E-state index in [-0.39, 0.29) is 5.91 Å². The van der Waals surface area contributed by atoms with Crippen molar-refractivity contribution in [3.8, 4) is 0 Å². The number of aliphatic hydroxyl groups excluding tert-OH is 1. The average molecular weight is 619 g/mol. The number of halogens is 3. The van der Waals surface area contributed by atoms with Crippen LogP contribution >= 0.6 is 0 Å². The van der Waals surface area contributed by atoms with Crippen LogP contribution in [0.4, 0.5) is 18.9 Å². The Morgan fingerprint density at radius 1 is 0.909 bits per heavy atom. The lowest BCUT2D eigenvalue weighted by Crippen LogP contribution is -2.33. The van der Waals surface area contributed by atoms with Crippen molar-refractivity contribution in [1.82, 2.24) is 5.32 Å². The Labute approximate surface area is 248 Å². The fourth-order valence-corrected chi connectivity index (χ4v) is 3.86. The molecular formula is C29H29F3N4O8. The molecule has 0 aliphatic carbocycles. The number of nitrogens with one attached hydrogen (secondary N) is 1. The molecule has 1 aliphatic rings. The van der Waals surface area contributed by atoms with Gasteiger partial charge in [-0.1, -0.05) is 48.5 Å². The first-order chi connectivity index (χ1) is 20.7.